The van der Waals surface area contributed by atoms with E-state index in [1.54, 1.807) is 0 Å². The van der Waals surface area contributed by atoms with Gasteiger partial charge in [0.1, 0.15) is 0 Å². The molecule has 0 heterocycles. The van der Waals surface area contributed by atoms with Crippen molar-refractivity contribution < 1.29 is 24.9 Å². The Hall–Kier alpha value is -1.53. The fourth-order valence-electron chi connectivity index (χ4n) is 0.0623. The molecule has 0 fully saturated rings. The molecule has 7 nitrogen and oxygen atoms in total. The molecule has 0 aromatic heterocycles. The number of hydrogen-bond acceptors (Lipinski definition) is 5. The van der Waals surface area contributed by atoms with Crippen molar-refractivity contribution in [2.75, 3.05) is 0 Å². The molecule has 0 aromatic rings. The summed E-state index contributed by atoms with van der Waals surface area (Å²) in [5, 5.41) is 15.2. The maximum absolute atomic E-state index is 9.25. The lowest BCUT2D eigenvalue weighted by atomic mass is 11.4. The zero-order chi connectivity index (χ0) is 6.57. The first kappa shape index (κ1) is 6.47. The van der Waals surface area contributed by atoms with E-state index in [0.717, 1.165) is 0 Å². The molecule has 0 spiro atoms. The van der Waals surface area contributed by atoms with E-state index in [0.29, 0.717) is 0 Å². The lowest BCUT2D eigenvalue weighted by molar-refractivity contribution is -0.840. The third kappa shape index (κ3) is 4.47. The van der Waals surface area contributed by atoms with Gasteiger partial charge in [-0.1, -0.05) is 4.99 Å². The highest BCUT2D eigenvalue weighted by Gasteiger charge is 1.99. The van der Waals surface area contributed by atoms with Gasteiger partial charge in [-0.2, -0.15) is 0 Å². The molecular formula is CHNO6. The molecular weight excluding hydrogens is 122 g/mol. The van der Waals surface area contributed by atoms with Crippen LogP contribution in [0, 0.1) is 10.1 Å². The summed E-state index contributed by atoms with van der Waals surface area (Å²) in [6.45, 7) is 0. The SMILES string of the molecule is O=C(O)OO[N+](=O)[O-]. The third-order valence-electron chi connectivity index (χ3n) is 0.169. The van der Waals surface area contributed by atoms with E-state index in [1.165, 1.54) is 0 Å². The van der Waals surface area contributed by atoms with Crippen molar-refractivity contribution >= 4 is 6.16 Å². The van der Waals surface area contributed by atoms with Crippen LogP contribution in [0.25, 0.3) is 0 Å². The quantitative estimate of drug-likeness (QED) is 0.310. The average molecular weight is 123 g/mol. The monoisotopic (exact) mass is 123 g/mol. The van der Waals surface area contributed by atoms with E-state index in [4.69, 9.17) is 15.2 Å². The zero-order valence-corrected chi connectivity index (χ0v) is 3.44. The molecule has 0 unspecified atom stereocenters. The Morgan fingerprint density at radius 2 is 2.25 bits per heavy atom. The highest BCUT2D eigenvalue weighted by Crippen LogP contribution is 1.77. The van der Waals surface area contributed by atoms with Crippen LogP contribution in [-0.2, 0) is 9.88 Å². The van der Waals surface area contributed by atoms with Gasteiger partial charge in [0.05, 0.1) is 0 Å². The molecule has 0 radical (unpaired) electrons. The lowest BCUT2D eigenvalue weighted by Gasteiger charge is -1.88. The summed E-state index contributed by atoms with van der Waals surface area (Å²) in [6.07, 6.45) is -1.86. The van der Waals surface area contributed by atoms with E-state index in [-0.39, 0.29) is 0 Å². The molecule has 0 aromatic carbocycles. The number of carbonyl (C=O) groups is 1. The second-order valence-electron chi connectivity index (χ2n) is 0.647. The Labute approximate surface area is 42.5 Å². The first-order valence-electron chi connectivity index (χ1n) is 1.35. The largest absolute Gasteiger partial charge is 0.538 e. The summed E-state index contributed by atoms with van der Waals surface area (Å²) in [6, 6.07) is 0. The molecule has 0 bridgehead atoms. The van der Waals surface area contributed by atoms with Gasteiger partial charge in [-0.3, -0.25) is 0 Å². The summed E-state index contributed by atoms with van der Waals surface area (Å²) in [7, 11) is 0. The standard InChI is InChI=1S/CHNO6/c3-1(4)7-8-2(5)6/h(H,3,4). The van der Waals surface area contributed by atoms with Crippen LogP contribution in [0.1, 0.15) is 0 Å². The van der Waals surface area contributed by atoms with Crippen molar-refractivity contribution in [2.45, 2.75) is 0 Å². The van der Waals surface area contributed by atoms with Crippen LogP contribution in [-0.4, -0.2) is 16.3 Å². The lowest BCUT2D eigenvalue weighted by Crippen LogP contribution is -2.06. The Kier molecular flexibility index (Phi) is 2.11. The predicted molar refractivity (Wildman–Crippen MR) is 17.2 cm³/mol. The summed E-state index contributed by atoms with van der Waals surface area (Å²) in [5.41, 5.74) is 0. The van der Waals surface area contributed by atoms with Crippen LogP contribution in [0.2, 0.25) is 0 Å². The van der Waals surface area contributed by atoms with E-state index in [1.807, 2.05) is 0 Å². The van der Waals surface area contributed by atoms with E-state index in [9.17, 15) is 4.79 Å². The minimum atomic E-state index is -1.86. The van der Waals surface area contributed by atoms with Crippen molar-refractivity contribution in [3.8, 4) is 0 Å². The van der Waals surface area contributed by atoms with E-state index >= 15 is 0 Å². The number of rotatable bonds is 2. The molecule has 46 valence electrons. The Morgan fingerprint density at radius 1 is 1.75 bits per heavy atom. The molecule has 0 amide bonds. The van der Waals surface area contributed by atoms with Crippen molar-refractivity contribution in [1.29, 1.82) is 0 Å². The number of hydrogen-bond donors (Lipinski definition) is 1. The Morgan fingerprint density at radius 3 is 2.38 bits per heavy atom. The third-order valence-corrected chi connectivity index (χ3v) is 0.169. The summed E-state index contributed by atoms with van der Waals surface area (Å²) < 4.78 is 0. The smallest absolute Gasteiger partial charge is 0.448 e. The molecule has 0 saturated carbocycles. The normalized spacial score (nSPS) is 7.50. The van der Waals surface area contributed by atoms with Crippen molar-refractivity contribution in [1.82, 2.24) is 0 Å². The fourth-order valence-corrected chi connectivity index (χ4v) is 0.0623. The van der Waals surface area contributed by atoms with Gasteiger partial charge in [0.2, 0.25) is 0 Å². The topological polar surface area (TPSA) is 98.9 Å². The minimum absolute atomic E-state index is 1.38. The molecule has 0 saturated heterocycles. The van der Waals surface area contributed by atoms with Crippen molar-refractivity contribution in [3.05, 3.63) is 10.1 Å². The first-order chi connectivity index (χ1) is 3.63. The van der Waals surface area contributed by atoms with Crippen molar-refractivity contribution in [2.24, 2.45) is 0 Å². The van der Waals surface area contributed by atoms with Crippen LogP contribution >= 0.6 is 0 Å². The first-order valence-corrected chi connectivity index (χ1v) is 1.35. The number of carboxylic acid groups (broad SMARTS) is 1. The van der Waals surface area contributed by atoms with Gasteiger partial charge in [0, 0.05) is 0 Å². The molecule has 7 heteroatoms. The maximum Gasteiger partial charge on any atom is 0.538 e. The van der Waals surface area contributed by atoms with Gasteiger partial charge in [0.15, 0.2) is 0 Å². The van der Waals surface area contributed by atoms with Crippen molar-refractivity contribution in [3.63, 3.8) is 0 Å². The molecule has 0 rings (SSSR count). The predicted octanol–water partition coefficient (Wildman–Crippen LogP) is -0.196. The summed E-state index contributed by atoms with van der Waals surface area (Å²) in [4.78, 5) is 24.3. The zero-order valence-electron chi connectivity index (χ0n) is 3.44. The molecule has 0 aliphatic rings. The highest BCUT2D eigenvalue weighted by molar-refractivity contribution is 5.55. The second-order valence-corrected chi connectivity index (χ2v) is 0.647. The Balaban J connectivity index is 3.18. The molecule has 1 N–H and O–H groups in total. The van der Waals surface area contributed by atoms with Gasteiger partial charge in [-0.25, -0.2) is 9.68 Å². The average Bonchev–Trinajstić information content (AvgIpc) is 1.61. The maximum atomic E-state index is 9.25. The van der Waals surface area contributed by atoms with Gasteiger partial charge < -0.3 is 5.11 Å². The van der Waals surface area contributed by atoms with Crippen LogP contribution < -0.4 is 0 Å². The molecule has 8 heavy (non-hydrogen) atoms. The fraction of sp³-hybridized carbons (Fsp3) is 0. The van der Waals surface area contributed by atoms with E-state index < -0.39 is 11.2 Å². The minimum Gasteiger partial charge on any atom is -0.448 e. The number of nitrogens with zero attached hydrogens (tertiary/aromatic N) is 1. The summed E-state index contributed by atoms with van der Waals surface area (Å²) in [5.74, 6) is 0. The summed E-state index contributed by atoms with van der Waals surface area (Å²) >= 11 is 0. The molecule has 0 aliphatic carbocycles. The van der Waals surface area contributed by atoms with Gasteiger partial charge in [0.25, 0.3) is 0 Å². The van der Waals surface area contributed by atoms with Gasteiger partial charge in [-0.05, 0) is 0 Å². The van der Waals surface area contributed by atoms with Crippen LogP contribution in [0.5, 0.6) is 0 Å². The second kappa shape index (κ2) is 2.61. The van der Waals surface area contributed by atoms with E-state index in [2.05, 4.69) is 9.88 Å². The van der Waals surface area contributed by atoms with Crippen LogP contribution in [0.4, 0.5) is 4.79 Å². The molecule has 0 aliphatic heterocycles. The van der Waals surface area contributed by atoms with Crippen LogP contribution in [0.15, 0.2) is 0 Å². The van der Waals surface area contributed by atoms with Gasteiger partial charge >= 0.3 is 11.2 Å². The molecule has 0 atom stereocenters. The van der Waals surface area contributed by atoms with Gasteiger partial charge in [-0.15, -0.1) is 10.1 Å². The Bertz CT molecular complexity index is 93.1. The highest BCUT2D eigenvalue weighted by atomic mass is 17.3. The van der Waals surface area contributed by atoms with Crippen LogP contribution in [0.3, 0.4) is 0 Å².